The molecule has 1 atom stereocenters. The lowest BCUT2D eigenvalue weighted by Crippen LogP contribution is -2.34. The molecule has 1 heterocycles. The van der Waals surface area contributed by atoms with Gasteiger partial charge in [0.2, 0.25) is 0 Å². The highest BCUT2D eigenvalue weighted by molar-refractivity contribution is 5.49. The van der Waals surface area contributed by atoms with E-state index in [9.17, 15) is 0 Å². The highest BCUT2D eigenvalue weighted by atomic mass is 15.2. The molecule has 0 aliphatic rings. The second-order valence-electron chi connectivity index (χ2n) is 4.71. The van der Waals surface area contributed by atoms with E-state index >= 15 is 0 Å². The summed E-state index contributed by atoms with van der Waals surface area (Å²) in [7, 11) is 1.99. The van der Waals surface area contributed by atoms with Crippen molar-refractivity contribution >= 4 is 5.82 Å². The van der Waals surface area contributed by atoms with Crippen LogP contribution in [-0.4, -0.2) is 24.6 Å². The number of anilines is 1. The molecule has 0 amide bonds. The minimum absolute atomic E-state index is 0.330. The molecular formula is C14H25N3. The molecule has 1 unspecified atom stereocenters. The summed E-state index contributed by atoms with van der Waals surface area (Å²) in [6, 6.07) is 4.98. The van der Waals surface area contributed by atoms with E-state index in [4.69, 9.17) is 0 Å². The van der Waals surface area contributed by atoms with Gasteiger partial charge in [0.05, 0.1) is 0 Å². The third-order valence-corrected chi connectivity index (χ3v) is 3.08. The smallest absolute Gasteiger partial charge is 0.133 e. The lowest BCUT2D eigenvalue weighted by atomic mass is 10.1. The first-order valence-corrected chi connectivity index (χ1v) is 6.50. The molecule has 0 saturated heterocycles. The lowest BCUT2D eigenvalue weighted by Gasteiger charge is -2.30. The van der Waals surface area contributed by atoms with Crippen LogP contribution in [0.5, 0.6) is 0 Å². The fourth-order valence-electron chi connectivity index (χ4n) is 1.99. The Balaban J connectivity index is 3.09. The zero-order valence-electron chi connectivity index (χ0n) is 11.7. The minimum Gasteiger partial charge on any atom is -0.354 e. The van der Waals surface area contributed by atoms with Gasteiger partial charge >= 0.3 is 0 Å². The van der Waals surface area contributed by atoms with Gasteiger partial charge in [-0.2, -0.15) is 0 Å². The van der Waals surface area contributed by atoms with Crippen molar-refractivity contribution in [1.29, 1.82) is 0 Å². The van der Waals surface area contributed by atoms with E-state index < -0.39 is 0 Å². The molecule has 0 aromatic carbocycles. The molecule has 0 fully saturated rings. The van der Waals surface area contributed by atoms with E-state index in [1.54, 1.807) is 0 Å². The van der Waals surface area contributed by atoms with Crippen LogP contribution in [0.2, 0.25) is 0 Å². The van der Waals surface area contributed by atoms with E-state index in [1.807, 2.05) is 19.3 Å². The molecule has 17 heavy (non-hydrogen) atoms. The van der Waals surface area contributed by atoms with E-state index in [1.165, 1.54) is 5.56 Å². The van der Waals surface area contributed by atoms with Crippen molar-refractivity contribution in [3.8, 4) is 0 Å². The highest BCUT2D eigenvalue weighted by Gasteiger charge is 2.17. The number of hydrogen-bond donors (Lipinski definition) is 1. The highest BCUT2D eigenvalue weighted by Crippen LogP contribution is 2.25. The molecule has 0 bridgehead atoms. The van der Waals surface area contributed by atoms with Crippen LogP contribution in [0.4, 0.5) is 5.82 Å². The maximum Gasteiger partial charge on any atom is 0.133 e. The standard InChI is InChI=1S/C14H25N3/c1-6-10-17(11(2)3)14-13(12(4)15-5)8-7-9-16-14/h7-9,11-12,15H,6,10H2,1-5H3. The van der Waals surface area contributed by atoms with Crippen LogP contribution in [0.1, 0.15) is 45.7 Å². The fourth-order valence-corrected chi connectivity index (χ4v) is 1.99. The Morgan fingerprint density at radius 1 is 1.35 bits per heavy atom. The topological polar surface area (TPSA) is 28.2 Å². The molecular weight excluding hydrogens is 210 g/mol. The first-order chi connectivity index (χ1) is 8.11. The summed E-state index contributed by atoms with van der Waals surface area (Å²) >= 11 is 0. The number of nitrogens with one attached hydrogen (secondary N) is 1. The van der Waals surface area contributed by atoms with Gasteiger partial charge < -0.3 is 10.2 Å². The van der Waals surface area contributed by atoms with Crippen molar-refractivity contribution in [3.63, 3.8) is 0 Å². The minimum atomic E-state index is 0.330. The van der Waals surface area contributed by atoms with Gasteiger partial charge in [-0.3, -0.25) is 0 Å². The van der Waals surface area contributed by atoms with E-state index in [-0.39, 0.29) is 0 Å². The first kappa shape index (κ1) is 14.0. The lowest BCUT2D eigenvalue weighted by molar-refractivity contribution is 0.620. The normalized spacial score (nSPS) is 12.8. The summed E-state index contributed by atoms with van der Waals surface area (Å²) in [6.07, 6.45) is 3.02. The van der Waals surface area contributed by atoms with Crippen molar-refractivity contribution in [2.24, 2.45) is 0 Å². The maximum absolute atomic E-state index is 4.57. The average molecular weight is 235 g/mol. The second-order valence-corrected chi connectivity index (χ2v) is 4.71. The number of rotatable bonds is 6. The van der Waals surface area contributed by atoms with Crippen molar-refractivity contribution in [1.82, 2.24) is 10.3 Å². The Hall–Kier alpha value is -1.09. The summed E-state index contributed by atoms with van der Waals surface area (Å²) in [5, 5.41) is 3.29. The number of pyridine rings is 1. The van der Waals surface area contributed by atoms with Crippen molar-refractivity contribution in [2.45, 2.75) is 46.2 Å². The molecule has 0 aliphatic carbocycles. The van der Waals surface area contributed by atoms with Crippen LogP contribution in [-0.2, 0) is 0 Å². The predicted octanol–water partition coefficient (Wildman–Crippen LogP) is 2.99. The van der Waals surface area contributed by atoms with Crippen LogP contribution in [0.25, 0.3) is 0 Å². The van der Waals surface area contributed by atoms with Crippen LogP contribution in [0, 0.1) is 0 Å². The Labute approximate surface area is 105 Å². The van der Waals surface area contributed by atoms with Gasteiger partial charge in [0, 0.05) is 30.4 Å². The molecule has 1 aromatic heterocycles. The third-order valence-electron chi connectivity index (χ3n) is 3.08. The predicted molar refractivity (Wildman–Crippen MR) is 74.5 cm³/mol. The number of hydrogen-bond acceptors (Lipinski definition) is 3. The zero-order valence-corrected chi connectivity index (χ0v) is 11.7. The van der Waals surface area contributed by atoms with Crippen LogP contribution in [0.15, 0.2) is 18.3 Å². The summed E-state index contributed by atoms with van der Waals surface area (Å²) < 4.78 is 0. The molecule has 1 rings (SSSR count). The quantitative estimate of drug-likeness (QED) is 0.821. The summed E-state index contributed by atoms with van der Waals surface area (Å²) in [6.45, 7) is 9.87. The van der Waals surface area contributed by atoms with Gasteiger partial charge in [-0.1, -0.05) is 13.0 Å². The van der Waals surface area contributed by atoms with Crippen molar-refractivity contribution < 1.29 is 0 Å². The van der Waals surface area contributed by atoms with Gasteiger partial charge in [0.15, 0.2) is 0 Å². The van der Waals surface area contributed by atoms with E-state index in [2.05, 4.69) is 49.0 Å². The van der Waals surface area contributed by atoms with Crippen LogP contribution < -0.4 is 10.2 Å². The van der Waals surface area contributed by atoms with Gasteiger partial charge in [0.25, 0.3) is 0 Å². The van der Waals surface area contributed by atoms with Gasteiger partial charge in [-0.05, 0) is 40.3 Å². The molecule has 0 aliphatic heterocycles. The molecule has 3 nitrogen and oxygen atoms in total. The molecule has 0 radical (unpaired) electrons. The van der Waals surface area contributed by atoms with Gasteiger partial charge in [0.1, 0.15) is 5.82 Å². The largest absolute Gasteiger partial charge is 0.354 e. The van der Waals surface area contributed by atoms with Gasteiger partial charge in [-0.15, -0.1) is 0 Å². The first-order valence-electron chi connectivity index (χ1n) is 6.50. The van der Waals surface area contributed by atoms with E-state index in [0.717, 1.165) is 18.8 Å². The summed E-state index contributed by atoms with van der Waals surface area (Å²) in [5.74, 6) is 1.12. The fraction of sp³-hybridized carbons (Fsp3) is 0.643. The molecule has 1 N–H and O–H groups in total. The Morgan fingerprint density at radius 2 is 2.06 bits per heavy atom. The molecule has 1 aromatic rings. The van der Waals surface area contributed by atoms with E-state index in [0.29, 0.717) is 12.1 Å². The molecule has 3 heteroatoms. The number of nitrogens with zero attached hydrogens (tertiary/aromatic N) is 2. The summed E-state index contributed by atoms with van der Waals surface area (Å²) in [4.78, 5) is 6.95. The van der Waals surface area contributed by atoms with Crippen molar-refractivity contribution in [3.05, 3.63) is 23.9 Å². The summed E-state index contributed by atoms with van der Waals surface area (Å²) in [5.41, 5.74) is 1.28. The Morgan fingerprint density at radius 3 is 2.59 bits per heavy atom. The van der Waals surface area contributed by atoms with Crippen LogP contribution >= 0.6 is 0 Å². The SMILES string of the molecule is CCCN(c1ncccc1C(C)NC)C(C)C. The second kappa shape index (κ2) is 6.60. The molecule has 0 saturated carbocycles. The third kappa shape index (κ3) is 3.43. The van der Waals surface area contributed by atoms with Gasteiger partial charge in [-0.25, -0.2) is 4.98 Å². The number of aromatic nitrogens is 1. The Kier molecular flexibility index (Phi) is 5.42. The molecule has 0 spiro atoms. The average Bonchev–Trinajstić information content (AvgIpc) is 2.34. The monoisotopic (exact) mass is 235 g/mol. The Bertz CT molecular complexity index is 336. The van der Waals surface area contributed by atoms with Crippen LogP contribution in [0.3, 0.4) is 0 Å². The zero-order chi connectivity index (χ0) is 12.8. The molecule has 96 valence electrons. The maximum atomic E-state index is 4.57. The van der Waals surface area contributed by atoms with Crippen molar-refractivity contribution in [2.75, 3.05) is 18.5 Å².